The molecule has 0 heterocycles. The first kappa shape index (κ1) is 8.84. The van der Waals surface area contributed by atoms with E-state index in [0.717, 1.165) is 0 Å². The molecular formula is C5H13NO3. The summed E-state index contributed by atoms with van der Waals surface area (Å²) in [6.07, 6.45) is 0. The largest absolute Gasteiger partial charge is 0.333 e. The Bertz CT molecular complexity index is 56.2. The summed E-state index contributed by atoms with van der Waals surface area (Å²) in [5.74, 6) is 0. The number of ether oxygens (including phenoxy) is 3. The topological polar surface area (TPSA) is 53.7 Å². The van der Waals surface area contributed by atoms with Crippen molar-refractivity contribution in [3.05, 3.63) is 0 Å². The van der Waals surface area contributed by atoms with Crippen LogP contribution in [-0.4, -0.2) is 33.8 Å². The molecular weight excluding hydrogens is 122 g/mol. The zero-order chi connectivity index (χ0) is 7.11. The van der Waals surface area contributed by atoms with Crippen LogP contribution in [0.25, 0.3) is 0 Å². The van der Waals surface area contributed by atoms with Gasteiger partial charge in [0.05, 0.1) is 6.61 Å². The van der Waals surface area contributed by atoms with E-state index in [4.69, 9.17) is 19.9 Å². The molecule has 0 radical (unpaired) electrons. The van der Waals surface area contributed by atoms with E-state index in [1.165, 1.54) is 14.2 Å². The van der Waals surface area contributed by atoms with Gasteiger partial charge in [0.2, 0.25) is 0 Å². The third kappa shape index (κ3) is 4.35. The summed E-state index contributed by atoms with van der Waals surface area (Å²) in [5.41, 5.74) is 5.15. The van der Waals surface area contributed by atoms with E-state index in [1.807, 2.05) is 0 Å². The van der Waals surface area contributed by atoms with Gasteiger partial charge in [-0.3, -0.25) is 0 Å². The van der Waals surface area contributed by atoms with Crippen LogP contribution < -0.4 is 5.73 Å². The van der Waals surface area contributed by atoms with E-state index < -0.39 is 6.48 Å². The summed E-state index contributed by atoms with van der Waals surface area (Å²) < 4.78 is 14.3. The van der Waals surface area contributed by atoms with E-state index in [2.05, 4.69) is 0 Å². The van der Waals surface area contributed by atoms with Crippen molar-refractivity contribution in [2.75, 3.05) is 27.4 Å². The fourth-order valence-corrected chi connectivity index (χ4v) is 0.397. The van der Waals surface area contributed by atoms with Gasteiger partial charge in [-0.2, -0.15) is 0 Å². The van der Waals surface area contributed by atoms with Crippen LogP contribution in [0.2, 0.25) is 0 Å². The van der Waals surface area contributed by atoms with Crippen molar-refractivity contribution in [2.45, 2.75) is 6.48 Å². The van der Waals surface area contributed by atoms with Gasteiger partial charge < -0.3 is 19.9 Å². The highest BCUT2D eigenvalue weighted by molar-refractivity contribution is 4.28. The van der Waals surface area contributed by atoms with E-state index >= 15 is 0 Å². The maximum atomic E-state index is 5.15. The summed E-state index contributed by atoms with van der Waals surface area (Å²) in [6.45, 7) is 0.351. The molecule has 0 amide bonds. The molecule has 0 aromatic heterocycles. The molecule has 0 atom stereocenters. The standard InChI is InChI=1S/C5H13NO3/c1-7-5(8-2)9-4-3-6/h5H,3-4,6H2,1-2H3. The molecule has 0 saturated heterocycles. The Morgan fingerprint density at radius 3 is 2.22 bits per heavy atom. The number of hydrogen-bond acceptors (Lipinski definition) is 4. The Morgan fingerprint density at radius 1 is 1.33 bits per heavy atom. The van der Waals surface area contributed by atoms with Crippen molar-refractivity contribution in [2.24, 2.45) is 5.73 Å². The molecule has 2 N–H and O–H groups in total. The second-order valence-electron chi connectivity index (χ2n) is 1.42. The smallest absolute Gasteiger partial charge is 0.271 e. The third-order valence-electron chi connectivity index (χ3n) is 0.757. The molecule has 0 aliphatic rings. The molecule has 0 aromatic rings. The fourth-order valence-electron chi connectivity index (χ4n) is 0.397. The Labute approximate surface area is 54.9 Å². The first-order valence-corrected chi connectivity index (χ1v) is 2.72. The summed E-state index contributed by atoms with van der Waals surface area (Å²) in [4.78, 5) is 0. The van der Waals surface area contributed by atoms with Gasteiger partial charge in [0.15, 0.2) is 0 Å². The van der Waals surface area contributed by atoms with Gasteiger partial charge in [-0.25, -0.2) is 0 Å². The molecule has 0 aliphatic heterocycles. The highest BCUT2D eigenvalue weighted by Gasteiger charge is 2.01. The van der Waals surface area contributed by atoms with Crippen LogP contribution in [0.15, 0.2) is 0 Å². The van der Waals surface area contributed by atoms with Crippen LogP contribution in [0.3, 0.4) is 0 Å². The van der Waals surface area contributed by atoms with Crippen LogP contribution in [0, 0.1) is 0 Å². The molecule has 0 unspecified atom stereocenters. The minimum absolute atomic E-state index is 0.451. The molecule has 0 fully saturated rings. The normalized spacial score (nSPS) is 10.7. The van der Waals surface area contributed by atoms with Gasteiger partial charge in [0, 0.05) is 20.8 Å². The first-order chi connectivity index (χ1) is 4.35. The fraction of sp³-hybridized carbons (Fsp3) is 1.00. The van der Waals surface area contributed by atoms with Gasteiger partial charge in [0.25, 0.3) is 6.48 Å². The maximum Gasteiger partial charge on any atom is 0.271 e. The lowest BCUT2D eigenvalue weighted by atomic mass is 10.7. The molecule has 0 spiro atoms. The number of hydrogen-bond donors (Lipinski definition) is 1. The van der Waals surface area contributed by atoms with Gasteiger partial charge in [-0.15, -0.1) is 0 Å². The molecule has 0 bridgehead atoms. The van der Waals surface area contributed by atoms with Crippen LogP contribution >= 0.6 is 0 Å². The molecule has 9 heavy (non-hydrogen) atoms. The number of nitrogens with two attached hydrogens (primary N) is 1. The Kier molecular flexibility index (Phi) is 5.86. The van der Waals surface area contributed by atoms with Crippen LogP contribution in [0.5, 0.6) is 0 Å². The molecule has 0 rings (SSSR count). The minimum atomic E-state index is -0.575. The summed E-state index contributed by atoms with van der Waals surface area (Å²) in [7, 11) is 3.01. The van der Waals surface area contributed by atoms with Crippen molar-refractivity contribution in [3.8, 4) is 0 Å². The van der Waals surface area contributed by atoms with Crippen LogP contribution in [0.4, 0.5) is 0 Å². The Balaban J connectivity index is 3.09. The van der Waals surface area contributed by atoms with Crippen molar-refractivity contribution in [3.63, 3.8) is 0 Å². The van der Waals surface area contributed by atoms with E-state index in [0.29, 0.717) is 13.2 Å². The average molecular weight is 135 g/mol. The number of rotatable bonds is 5. The minimum Gasteiger partial charge on any atom is -0.333 e. The predicted octanol–water partition coefficient (Wildman–Crippen LogP) is -0.462. The lowest BCUT2D eigenvalue weighted by molar-refractivity contribution is -0.263. The Morgan fingerprint density at radius 2 is 1.89 bits per heavy atom. The maximum absolute atomic E-state index is 5.15. The first-order valence-electron chi connectivity index (χ1n) is 2.72. The molecule has 4 heteroatoms. The SMILES string of the molecule is COC(OC)OCCN. The van der Waals surface area contributed by atoms with Crippen molar-refractivity contribution in [1.82, 2.24) is 0 Å². The Hall–Kier alpha value is -0.160. The van der Waals surface area contributed by atoms with E-state index in [-0.39, 0.29) is 0 Å². The number of methoxy groups -OCH3 is 2. The zero-order valence-electron chi connectivity index (χ0n) is 5.79. The summed E-state index contributed by atoms with van der Waals surface area (Å²) in [5, 5.41) is 0. The van der Waals surface area contributed by atoms with Crippen molar-refractivity contribution < 1.29 is 14.2 Å². The van der Waals surface area contributed by atoms with Gasteiger partial charge in [0.1, 0.15) is 0 Å². The van der Waals surface area contributed by atoms with E-state index in [9.17, 15) is 0 Å². The second kappa shape index (κ2) is 5.97. The lowest BCUT2D eigenvalue weighted by Gasteiger charge is -2.12. The van der Waals surface area contributed by atoms with E-state index in [1.54, 1.807) is 0 Å². The van der Waals surface area contributed by atoms with Gasteiger partial charge >= 0.3 is 0 Å². The quantitative estimate of drug-likeness (QED) is 0.518. The highest BCUT2D eigenvalue weighted by atomic mass is 16.8. The third-order valence-corrected chi connectivity index (χ3v) is 0.757. The summed E-state index contributed by atoms with van der Waals surface area (Å²) in [6, 6.07) is 0. The van der Waals surface area contributed by atoms with Crippen molar-refractivity contribution in [1.29, 1.82) is 0 Å². The lowest BCUT2D eigenvalue weighted by Crippen LogP contribution is -2.21. The van der Waals surface area contributed by atoms with Crippen LogP contribution in [0.1, 0.15) is 0 Å². The molecule has 0 saturated carbocycles. The monoisotopic (exact) mass is 135 g/mol. The highest BCUT2D eigenvalue weighted by Crippen LogP contribution is 1.90. The van der Waals surface area contributed by atoms with Crippen LogP contribution in [-0.2, 0) is 14.2 Å². The molecule has 56 valence electrons. The molecule has 4 nitrogen and oxygen atoms in total. The van der Waals surface area contributed by atoms with Gasteiger partial charge in [-0.05, 0) is 0 Å². The average Bonchev–Trinajstić information content (AvgIpc) is 1.91. The predicted molar refractivity (Wildman–Crippen MR) is 32.8 cm³/mol. The van der Waals surface area contributed by atoms with Crippen molar-refractivity contribution >= 4 is 0 Å². The molecule has 0 aromatic carbocycles. The van der Waals surface area contributed by atoms with Gasteiger partial charge in [-0.1, -0.05) is 0 Å². The summed E-state index contributed by atoms with van der Waals surface area (Å²) >= 11 is 0. The zero-order valence-corrected chi connectivity index (χ0v) is 5.79. The molecule has 0 aliphatic carbocycles. The second-order valence-corrected chi connectivity index (χ2v) is 1.42.